The van der Waals surface area contributed by atoms with Crippen LogP contribution in [-0.2, 0) is 0 Å². The van der Waals surface area contributed by atoms with Crippen LogP contribution < -0.4 is 5.32 Å². The van der Waals surface area contributed by atoms with Crippen molar-refractivity contribution in [2.75, 3.05) is 13.1 Å². The van der Waals surface area contributed by atoms with Gasteiger partial charge in [-0.05, 0) is 48.7 Å². The van der Waals surface area contributed by atoms with Crippen LogP contribution in [0.1, 0.15) is 38.7 Å². The molecule has 4 unspecified atom stereocenters. The van der Waals surface area contributed by atoms with Gasteiger partial charge in [-0.3, -0.25) is 0 Å². The fraction of sp³-hybridized carbons (Fsp3) is 0.625. The maximum Gasteiger partial charge on any atom is -0.00206 e. The molecule has 0 amide bonds. The number of hydrogen-bond acceptors (Lipinski definition) is 1. The van der Waals surface area contributed by atoms with Gasteiger partial charge in [-0.2, -0.15) is 0 Å². The highest BCUT2D eigenvalue weighted by Gasteiger charge is 2.43. The van der Waals surface area contributed by atoms with Gasteiger partial charge in [0.05, 0.1) is 0 Å². The Morgan fingerprint density at radius 3 is 2.59 bits per heavy atom. The van der Waals surface area contributed by atoms with E-state index >= 15 is 0 Å². The zero-order valence-corrected chi connectivity index (χ0v) is 11.3. The summed E-state index contributed by atoms with van der Waals surface area (Å²) in [5.41, 5.74) is 1.54. The first kappa shape index (κ1) is 12.6. The summed E-state index contributed by atoms with van der Waals surface area (Å²) in [6.45, 7) is 9.24. The third kappa shape index (κ3) is 3.10. The van der Waals surface area contributed by atoms with Gasteiger partial charge in [-0.1, -0.05) is 51.1 Å². The lowest BCUT2D eigenvalue weighted by molar-refractivity contribution is 0.328. The molecule has 0 radical (unpaired) electrons. The summed E-state index contributed by atoms with van der Waals surface area (Å²) in [5, 5.41) is 3.47. The smallest absolute Gasteiger partial charge is 0.00206 e. The second-order valence-electron chi connectivity index (χ2n) is 5.56. The van der Waals surface area contributed by atoms with Gasteiger partial charge in [0.25, 0.3) is 0 Å². The number of benzene rings is 1. The van der Waals surface area contributed by atoms with Gasteiger partial charge in [-0.25, -0.2) is 0 Å². The third-order valence-corrected chi connectivity index (χ3v) is 4.36. The molecule has 4 atom stereocenters. The maximum atomic E-state index is 3.47. The molecule has 0 aromatic heterocycles. The Kier molecular flexibility index (Phi) is 4.22. The van der Waals surface area contributed by atoms with E-state index in [1.807, 2.05) is 0 Å². The van der Waals surface area contributed by atoms with Gasteiger partial charge in [-0.15, -0.1) is 0 Å². The molecule has 1 aliphatic carbocycles. The van der Waals surface area contributed by atoms with E-state index in [1.54, 1.807) is 5.56 Å². The van der Waals surface area contributed by atoms with E-state index in [0.717, 1.165) is 36.8 Å². The molecule has 0 saturated heterocycles. The first-order chi connectivity index (χ1) is 8.24. The van der Waals surface area contributed by atoms with Crippen molar-refractivity contribution in [3.05, 3.63) is 35.9 Å². The van der Waals surface area contributed by atoms with Crippen molar-refractivity contribution in [2.24, 2.45) is 17.8 Å². The molecule has 1 N–H and O–H groups in total. The Morgan fingerprint density at radius 1 is 1.24 bits per heavy atom. The van der Waals surface area contributed by atoms with E-state index in [9.17, 15) is 0 Å². The lowest BCUT2D eigenvalue weighted by atomic mass is 9.89. The second kappa shape index (κ2) is 5.68. The van der Waals surface area contributed by atoms with Crippen LogP contribution >= 0.6 is 0 Å². The van der Waals surface area contributed by atoms with E-state index in [-0.39, 0.29) is 0 Å². The van der Waals surface area contributed by atoms with Crippen molar-refractivity contribution in [1.82, 2.24) is 5.32 Å². The Bertz CT molecular complexity index is 333. The fourth-order valence-electron chi connectivity index (χ4n) is 2.86. The molecule has 1 aromatic carbocycles. The van der Waals surface area contributed by atoms with Crippen LogP contribution in [0.25, 0.3) is 0 Å². The lowest BCUT2D eigenvalue weighted by Crippen LogP contribution is -2.26. The van der Waals surface area contributed by atoms with Gasteiger partial charge < -0.3 is 5.32 Å². The summed E-state index contributed by atoms with van der Waals surface area (Å²) in [7, 11) is 0. The quantitative estimate of drug-likeness (QED) is 0.787. The van der Waals surface area contributed by atoms with E-state index in [2.05, 4.69) is 56.4 Å². The van der Waals surface area contributed by atoms with Crippen LogP contribution in [-0.4, -0.2) is 13.1 Å². The number of rotatable bonds is 6. The summed E-state index contributed by atoms with van der Waals surface area (Å²) in [6.07, 6.45) is 1.39. The van der Waals surface area contributed by atoms with E-state index in [4.69, 9.17) is 0 Å². The van der Waals surface area contributed by atoms with Crippen LogP contribution in [0, 0.1) is 17.8 Å². The Morgan fingerprint density at radius 2 is 1.94 bits per heavy atom. The molecule has 2 rings (SSSR count). The summed E-state index contributed by atoms with van der Waals surface area (Å²) in [6, 6.07) is 11.0. The minimum Gasteiger partial charge on any atom is -0.317 e. The largest absolute Gasteiger partial charge is 0.317 e. The molecule has 17 heavy (non-hydrogen) atoms. The van der Waals surface area contributed by atoms with Gasteiger partial charge in [0.2, 0.25) is 0 Å². The third-order valence-electron chi connectivity index (χ3n) is 4.36. The zero-order chi connectivity index (χ0) is 12.3. The van der Waals surface area contributed by atoms with Crippen molar-refractivity contribution >= 4 is 0 Å². The molecule has 1 aromatic rings. The van der Waals surface area contributed by atoms with Crippen molar-refractivity contribution in [3.8, 4) is 0 Å². The molecule has 1 nitrogen and oxygen atoms in total. The molecule has 1 heteroatoms. The standard InChI is InChI=1S/C16H25N/c1-4-17-11-12(2)13(3)15-10-16(15)14-8-6-5-7-9-14/h5-9,12-13,15-17H,4,10-11H2,1-3H3. The highest BCUT2D eigenvalue weighted by Crippen LogP contribution is 2.53. The molecular weight excluding hydrogens is 206 g/mol. The van der Waals surface area contributed by atoms with E-state index in [1.165, 1.54) is 6.42 Å². The fourth-order valence-corrected chi connectivity index (χ4v) is 2.86. The minimum absolute atomic E-state index is 0.786. The molecule has 0 heterocycles. The van der Waals surface area contributed by atoms with Gasteiger partial charge in [0.15, 0.2) is 0 Å². The SMILES string of the molecule is CCNCC(C)C(C)C1CC1c1ccccc1. The summed E-state index contributed by atoms with van der Waals surface area (Å²) >= 11 is 0. The average molecular weight is 231 g/mol. The average Bonchev–Trinajstić information content (AvgIpc) is 3.16. The monoisotopic (exact) mass is 231 g/mol. The molecule has 1 saturated carbocycles. The topological polar surface area (TPSA) is 12.0 Å². The maximum absolute atomic E-state index is 3.47. The molecule has 1 aliphatic rings. The summed E-state index contributed by atoms with van der Waals surface area (Å²) in [5.74, 6) is 3.36. The molecular formula is C16H25N. The molecule has 1 fully saturated rings. The van der Waals surface area contributed by atoms with Crippen molar-refractivity contribution < 1.29 is 0 Å². The minimum atomic E-state index is 0.786. The Balaban J connectivity index is 1.86. The first-order valence-electron chi connectivity index (χ1n) is 6.99. The molecule has 0 aliphatic heterocycles. The first-order valence-corrected chi connectivity index (χ1v) is 6.99. The molecule has 0 spiro atoms. The lowest BCUT2D eigenvalue weighted by Gasteiger charge is -2.20. The normalized spacial score (nSPS) is 26.5. The predicted octanol–water partition coefficient (Wildman–Crippen LogP) is 3.67. The Labute approximate surface area is 106 Å². The van der Waals surface area contributed by atoms with Gasteiger partial charge in [0.1, 0.15) is 0 Å². The number of nitrogens with one attached hydrogen (secondary N) is 1. The van der Waals surface area contributed by atoms with Crippen LogP contribution in [0.2, 0.25) is 0 Å². The second-order valence-corrected chi connectivity index (χ2v) is 5.56. The summed E-state index contributed by atoms with van der Waals surface area (Å²) < 4.78 is 0. The number of hydrogen-bond donors (Lipinski definition) is 1. The van der Waals surface area contributed by atoms with Crippen molar-refractivity contribution in [3.63, 3.8) is 0 Å². The van der Waals surface area contributed by atoms with Crippen molar-refractivity contribution in [1.29, 1.82) is 0 Å². The predicted molar refractivity (Wildman–Crippen MR) is 74.2 cm³/mol. The molecule has 0 bridgehead atoms. The summed E-state index contributed by atoms with van der Waals surface area (Å²) in [4.78, 5) is 0. The molecule has 94 valence electrons. The van der Waals surface area contributed by atoms with E-state index in [0.29, 0.717) is 0 Å². The van der Waals surface area contributed by atoms with Crippen molar-refractivity contribution in [2.45, 2.75) is 33.1 Å². The zero-order valence-electron chi connectivity index (χ0n) is 11.3. The van der Waals surface area contributed by atoms with Crippen LogP contribution in [0.15, 0.2) is 30.3 Å². The highest BCUT2D eigenvalue weighted by atomic mass is 14.8. The van der Waals surface area contributed by atoms with E-state index < -0.39 is 0 Å². The van der Waals surface area contributed by atoms with Gasteiger partial charge in [0, 0.05) is 0 Å². The van der Waals surface area contributed by atoms with Crippen LogP contribution in [0.3, 0.4) is 0 Å². The van der Waals surface area contributed by atoms with Gasteiger partial charge >= 0.3 is 0 Å². The highest BCUT2D eigenvalue weighted by molar-refractivity contribution is 5.26. The van der Waals surface area contributed by atoms with Crippen LogP contribution in [0.4, 0.5) is 0 Å². The Hall–Kier alpha value is -0.820. The van der Waals surface area contributed by atoms with Crippen LogP contribution in [0.5, 0.6) is 0 Å².